The van der Waals surface area contributed by atoms with E-state index in [1.54, 1.807) is 10.9 Å². The Morgan fingerprint density at radius 1 is 1.44 bits per heavy atom. The number of hydrogen-bond donors (Lipinski definition) is 0. The summed E-state index contributed by atoms with van der Waals surface area (Å²) in [6, 6.07) is 1.82. The Labute approximate surface area is 51.9 Å². The van der Waals surface area contributed by atoms with Gasteiger partial charge in [0, 0.05) is 6.07 Å². The minimum atomic E-state index is -1.10. The Kier molecular flexibility index (Phi) is 0.456. The molecule has 2 aliphatic rings. The second-order valence-electron chi connectivity index (χ2n) is 1.80. The highest BCUT2D eigenvalue weighted by Crippen LogP contribution is 2.56. The van der Waals surface area contributed by atoms with Crippen LogP contribution in [0.15, 0.2) is 12.3 Å². The van der Waals surface area contributed by atoms with E-state index in [-0.39, 0.29) is 0 Å². The molecule has 2 bridgehead atoms. The predicted octanol–water partition coefficient (Wildman–Crippen LogP) is 0.928. The third-order valence-corrected chi connectivity index (χ3v) is 2.24. The fourth-order valence-electron chi connectivity index (χ4n) is 0.877. The Morgan fingerprint density at radius 3 is 3.11 bits per heavy atom. The first kappa shape index (κ1) is 4.01. The molecule has 2 aliphatic heterocycles. The Morgan fingerprint density at radius 2 is 2.44 bits per heavy atom. The van der Waals surface area contributed by atoms with E-state index in [0.29, 0.717) is 5.88 Å². The van der Waals surface area contributed by atoms with E-state index < -0.39 is 8.60 Å². The molecule has 0 saturated heterocycles. The molecule has 1 aromatic rings. The smallest absolute Gasteiger partial charge is 0.401 e. The van der Waals surface area contributed by atoms with Gasteiger partial charge in [0.15, 0.2) is 5.75 Å². The number of aromatic nitrogens is 1. The van der Waals surface area contributed by atoms with Gasteiger partial charge in [-0.1, -0.05) is 0 Å². The molecule has 9 heavy (non-hydrogen) atoms. The summed E-state index contributed by atoms with van der Waals surface area (Å²) in [6.45, 7) is 0. The van der Waals surface area contributed by atoms with Crippen LogP contribution in [0.1, 0.15) is 0 Å². The van der Waals surface area contributed by atoms with E-state index in [9.17, 15) is 0 Å². The van der Waals surface area contributed by atoms with Gasteiger partial charge in [-0.25, -0.2) is 0 Å². The Bertz CT molecular complexity index is 245. The van der Waals surface area contributed by atoms with Crippen LogP contribution in [0.25, 0.3) is 0 Å². The number of hydrogen-bond acceptors (Lipinski definition) is 3. The fourth-order valence-corrected chi connectivity index (χ4v) is 1.86. The van der Waals surface area contributed by atoms with Crippen LogP contribution < -0.4 is 13.7 Å². The van der Waals surface area contributed by atoms with Crippen molar-refractivity contribution in [1.82, 2.24) is 4.73 Å². The van der Waals surface area contributed by atoms with Gasteiger partial charge in [-0.05, 0) is 0 Å². The third-order valence-electron chi connectivity index (χ3n) is 1.26. The van der Waals surface area contributed by atoms with E-state index in [1.165, 1.54) is 0 Å². The highest BCUT2D eigenvalue weighted by Gasteiger charge is 2.40. The zero-order valence-corrected chi connectivity index (χ0v) is 5.17. The van der Waals surface area contributed by atoms with Crippen molar-refractivity contribution in [3.05, 3.63) is 12.3 Å². The van der Waals surface area contributed by atoms with Crippen molar-refractivity contribution >= 4 is 8.60 Å². The number of fused-ring (bicyclic) bond motifs is 1. The molecule has 1 aromatic heterocycles. The van der Waals surface area contributed by atoms with Crippen molar-refractivity contribution in [2.24, 2.45) is 0 Å². The van der Waals surface area contributed by atoms with Crippen LogP contribution in [-0.2, 0) is 0 Å². The molecule has 1 atom stereocenters. The molecule has 0 fully saturated rings. The Balaban J connectivity index is 2.44. The van der Waals surface area contributed by atoms with Gasteiger partial charge in [-0.3, -0.25) is 0 Å². The second-order valence-corrected chi connectivity index (χ2v) is 2.77. The first-order chi connectivity index (χ1) is 4.43. The molecule has 3 rings (SSSR count). The summed E-state index contributed by atoms with van der Waals surface area (Å²) in [5, 5.41) is 0. The zero-order chi connectivity index (χ0) is 5.84. The van der Waals surface area contributed by atoms with Crippen LogP contribution in [0.5, 0.6) is 11.6 Å². The number of rotatable bonds is 0. The van der Waals surface area contributed by atoms with Gasteiger partial charge in [0.25, 0.3) is 5.88 Å². The van der Waals surface area contributed by atoms with Crippen molar-refractivity contribution in [1.29, 1.82) is 0 Å². The summed E-state index contributed by atoms with van der Waals surface area (Å²) in [5.41, 5.74) is 0. The summed E-state index contributed by atoms with van der Waals surface area (Å²) in [6.07, 6.45) is 1.78. The van der Waals surface area contributed by atoms with Crippen LogP contribution in [0, 0.1) is 0 Å². The molecule has 0 spiro atoms. The predicted molar refractivity (Wildman–Crippen MR) is 29.2 cm³/mol. The Hall–Kier alpha value is -0.890. The molecule has 0 aliphatic carbocycles. The second kappa shape index (κ2) is 1.02. The monoisotopic (exact) mass is 143 g/mol. The molecule has 5 heteroatoms. The lowest BCUT2D eigenvalue weighted by molar-refractivity contribution is 0.286. The van der Waals surface area contributed by atoms with Crippen molar-refractivity contribution in [2.75, 3.05) is 0 Å². The van der Waals surface area contributed by atoms with Crippen LogP contribution >= 0.6 is 8.60 Å². The van der Waals surface area contributed by atoms with E-state index >= 15 is 0 Å². The quantitative estimate of drug-likeness (QED) is 0.506. The molecule has 4 nitrogen and oxygen atoms in total. The standard InChI is InChI=1S/C4H2NO3P/c1-2-5-4-3(1)6-9(7-4)8-5/h1-2H. The van der Waals surface area contributed by atoms with Crippen molar-refractivity contribution in [3.8, 4) is 11.6 Å². The molecular weight excluding hydrogens is 141 g/mol. The molecule has 1 unspecified atom stereocenters. The zero-order valence-electron chi connectivity index (χ0n) is 4.27. The number of nitrogens with zero attached hydrogens (tertiary/aromatic N) is 1. The lowest BCUT2D eigenvalue weighted by Gasteiger charge is -2.00. The molecular formula is C4H2NO3P. The lowest BCUT2D eigenvalue weighted by atomic mass is 10.6. The fraction of sp³-hybridized carbons (Fsp3) is 0. The molecule has 0 radical (unpaired) electrons. The molecule has 3 heterocycles. The molecule has 0 aromatic carbocycles. The van der Waals surface area contributed by atoms with Crippen molar-refractivity contribution in [3.63, 3.8) is 0 Å². The van der Waals surface area contributed by atoms with Gasteiger partial charge in [-0.15, -0.1) is 4.73 Å². The van der Waals surface area contributed by atoms with Gasteiger partial charge < -0.3 is 13.7 Å². The van der Waals surface area contributed by atoms with E-state index in [2.05, 4.69) is 0 Å². The summed E-state index contributed by atoms with van der Waals surface area (Å²) < 4.78 is 16.9. The van der Waals surface area contributed by atoms with Crippen LogP contribution in [0.2, 0.25) is 0 Å². The molecule has 0 saturated carbocycles. The molecule has 0 N–H and O–H groups in total. The van der Waals surface area contributed by atoms with Gasteiger partial charge in [-0.2, -0.15) is 0 Å². The minimum absolute atomic E-state index is 0.709. The highest BCUT2D eigenvalue weighted by molar-refractivity contribution is 7.43. The van der Waals surface area contributed by atoms with E-state index in [1.807, 2.05) is 6.07 Å². The van der Waals surface area contributed by atoms with E-state index in [4.69, 9.17) is 13.7 Å². The first-order valence-electron chi connectivity index (χ1n) is 2.49. The van der Waals surface area contributed by atoms with Crippen molar-refractivity contribution < 1.29 is 13.7 Å². The highest BCUT2D eigenvalue weighted by atomic mass is 31.2. The van der Waals surface area contributed by atoms with Gasteiger partial charge >= 0.3 is 8.60 Å². The lowest BCUT2D eigenvalue weighted by Crippen LogP contribution is -1.99. The van der Waals surface area contributed by atoms with Crippen LogP contribution in [0.3, 0.4) is 0 Å². The maximum atomic E-state index is 5.12. The van der Waals surface area contributed by atoms with Gasteiger partial charge in [0.1, 0.15) is 0 Å². The van der Waals surface area contributed by atoms with E-state index in [0.717, 1.165) is 5.75 Å². The largest absolute Gasteiger partial charge is 0.552 e. The third kappa shape index (κ3) is 0.319. The average Bonchev–Trinajstić information content (AvgIpc) is 2.35. The van der Waals surface area contributed by atoms with Gasteiger partial charge in [0.05, 0.1) is 6.20 Å². The van der Waals surface area contributed by atoms with Crippen molar-refractivity contribution in [2.45, 2.75) is 0 Å². The summed E-state index contributed by atoms with van der Waals surface area (Å²) >= 11 is 0. The molecule has 0 amide bonds. The average molecular weight is 143 g/mol. The summed E-state index contributed by atoms with van der Waals surface area (Å²) in [4.78, 5) is 0. The van der Waals surface area contributed by atoms with Gasteiger partial charge in [0.2, 0.25) is 0 Å². The minimum Gasteiger partial charge on any atom is -0.401 e. The maximum Gasteiger partial charge on any atom is 0.552 e. The topological polar surface area (TPSA) is 32.6 Å². The maximum absolute atomic E-state index is 5.12. The SMILES string of the molecule is c1cn2c3c1OP(O3)O2. The van der Waals surface area contributed by atoms with Crippen LogP contribution in [0.4, 0.5) is 0 Å². The normalized spacial score (nSPS) is 25.1. The molecule has 46 valence electrons. The summed E-state index contributed by atoms with van der Waals surface area (Å²) in [5.74, 6) is 1.51. The summed E-state index contributed by atoms with van der Waals surface area (Å²) in [7, 11) is -1.10. The van der Waals surface area contributed by atoms with Crippen LogP contribution in [-0.4, -0.2) is 4.73 Å². The first-order valence-corrected chi connectivity index (χ1v) is 3.59.